The molecule has 1 amide bonds. The maximum Gasteiger partial charge on any atom is 0.255 e. The van der Waals surface area contributed by atoms with Crippen molar-refractivity contribution in [3.8, 4) is 0 Å². The van der Waals surface area contributed by atoms with Gasteiger partial charge in [-0.3, -0.25) is 4.79 Å². The molecule has 7 heteroatoms. The number of aromatic nitrogens is 4. The van der Waals surface area contributed by atoms with E-state index < -0.39 is 0 Å². The van der Waals surface area contributed by atoms with E-state index in [0.29, 0.717) is 11.3 Å². The molecular weight excluding hydrogens is 382 g/mol. The van der Waals surface area contributed by atoms with Crippen LogP contribution in [0.25, 0.3) is 5.78 Å². The van der Waals surface area contributed by atoms with Crippen LogP contribution in [0.4, 0.5) is 5.69 Å². The molecule has 0 bridgehead atoms. The fraction of sp³-hybridized carbons (Fsp3) is 0.182. The Balaban J connectivity index is 1.51. The largest absolute Gasteiger partial charge is 0.322 e. The molecule has 0 atom stereocenters. The summed E-state index contributed by atoms with van der Waals surface area (Å²) in [6.07, 6.45) is 3.45. The minimum atomic E-state index is -0.114. The van der Waals surface area contributed by atoms with Crippen LogP contribution in [0.3, 0.4) is 0 Å². The number of benzene rings is 2. The fourth-order valence-corrected chi connectivity index (χ4v) is 3.93. The number of carbonyl (C=O) groups is 1. The van der Waals surface area contributed by atoms with Crippen LogP contribution in [-0.2, 0) is 6.42 Å². The highest BCUT2D eigenvalue weighted by Crippen LogP contribution is 2.29. The molecule has 29 heavy (non-hydrogen) atoms. The number of hydrogen-bond donors (Lipinski definition) is 1. The lowest BCUT2D eigenvalue weighted by atomic mass is 10.1. The minimum Gasteiger partial charge on any atom is -0.322 e. The average molecular weight is 404 g/mol. The quantitative estimate of drug-likeness (QED) is 0.469. The zero-order valence-electron chi connectivity index (χ0n) is 16.3. The molecule has 4 aromatic rings. The number of rotatable bonds is 6. The number of hydrogen-bond acceptors (Lipinski definition) is 5. The van der Waals surface area contributed by atoms with Gasteiger partial charge in [-0.25, -0.2) is 4.98 Å². The highest BCUT2D eigenvalue weighted by atomic mass is 32.2. The molecule has 0 aliphatic carbocycles. The number of fused-ring (bicyclic) bond motifs is 1. The van der Waals surface area contributed by atoms with Crippen molar-refractivity contribution in [1.82, 2.24) is 19.6 Å². The van der Waals surface area contributed by atoms with E-state index in [0.717, 1.165) is 39.7 Å². The van der Waals surface area contributed by atoms with E-state index in [1.807, 2.05) is 55.5 Å². The van der Waals surface area contributed by atoms with Crippen molar-refractivity contribution in [2.45, 2.75) is 36.6 Å². The van der Waals surface area contributed by atoms with Crippen LogP contribution in [0.5, 0.6) is 0 Å². The molecule has 0 aliphatic rings. The Hall–Kier alpha value is -3.19. The first-order chi connectivity index (χ1) is 14.1. The molecule has 146 valence electrons. The molecule has 0 radical (unpaired) electrons. The van der Waals surface area contributed by atoms with Crippen LogP contribution in [0.2, 0.25) is 0 Å². The third kappa shape index (κ3) is 4.46. The molecule has 0 fully saturated rings. The van der Waals surface area contributed by atoms with Gasteiger partial charge in [0.25, 0.3) is 11.7 Å². The van der Waals surface area contributed by atoms with Crippen LogP contribution in [0, 0.1) is 6.92 Å². The first kappa shape index (κ1) is 19.1. The Labute approximate surface area is 173 Å². The Kier molecular flexibility index (Phi) is 5.57. The summed E-state index contributed by atoms with van der Waals surface area (Å²) in [6.45, 7) is 4.10. The zero-order valence-corrected chi connectivity index (χ0v) is 17.1. The van der Waals surface area contributed by atoms with Crippen LogP contribution >= 0.6 is 11.8 Å². The molecule has 4 rings (SSSR count). The lowest BCUT2D eigenvalue weighted by molar-refractivity contribution is 0.102. The molecule has 2 aromatic heterocycles. The molecule has 0 aliphatic heterocycles. The maximum atomic E-state index is 12.4. The summed E-state index contributed by atoms with van der Waals surface area (Å²) in [4.78, 5) is 22.2. The standard InChI is InChI=1S/C22H21N5OS/c1-3-5-18-13-20(27-22(26-18)23-14-24-27)29-19-10-8-17(9-11-19)25-21(28)16-7-4-6-15(2)12-16/h4,6-14H,3,5H2,1-2H3,(H,25,28). The second kappa shape index (κ2) is 8.45. The zero-order chi connectivity index (χ0) is 20.2. The molecule has 6 nitrogen and oxygen atoms in total. The minimum absolute atomic E-state index is 0.114. The first-order valence-corrected chi connectivity index (χ1v) is 10.3. The van der Waals surface area contributed by atoms with Gasteiger partial charge in [0.15, 0.2) is 0 Å². The summed E-state index contributed by atoms with van der Waals surface area (Å²) in [5.41, 5.74) is 3.48. The molecule has 2 aromatic carbocycles. The van der Waals surface area contributed by atoms with E-state index in [1.165, 1.54) is 6.33 Å². The normalized spacial score (nSPS) is 11.0. The first-order valence-electron chi connectivity index (χ1n) is 9.48. The Morgan fingerprint density at radius 3 is 2.72 bits per heavy atom. The highest BCUT2D eigenvalue weighted by Gasteiger charge is 2.10. The topological polar surface area (TPSA) is 72.2 Å². The summed E-state index contributed by atoms with van der Waals surface area (Å²) < 4.78 is 1.75. The number of amides is 1. The van der Waals surface area contributed by atoms with Crippen molar-refractivity contribution in [1.29, 1.82) is 0 Å². The van der Waals surface area contributed by atoms with Gasteiger partial charge in [0, 0.05) is 21.8 Å². The van der Waals surface area contributed by atoms with Gasteiger partial charge in [-0.1, -0.05) is 42.8 Å². The van der Waals surface area contributed by atoms with E-state index in [4.69, 9.17) is 0 Å². The summed E-state index contributed by atoms with van der Waals surface area (Å²) in [5.74, 6) is 0.497. The van der Waals surface area contributed by atoms with Crippen molar-refractivity contribution in [2.75, 3.05) is 5.32 Å². The maximum absolute atomic E-state index is 12.4. The van der Waals surface area contributed by atoms with E-state index in [-0.39, 0.29) is 5.91 Å². The molecule has 1 N–H and O–H groups in total. The molecular formula is C22H21N5OS. The second-order valence-electron chi connectivity index (χ2n) is 6.76. The SMILES string of the molecule is CCCc1cc(Sc2ccc(NC(=O)c3cccc(C)c3)cc2)n2ncnc2n1. The van der Waals surface area contributed by atoms with Gasteiger partial charge in [-0.2, -0.15) is 14.6 Å². The third-order valence-electron chi connectivity index (χ3n) is 4.39. The van der Waals surface area contributed by atoms with Gasteiger partial charge in [0.1, 0.15) is 11.4 Å². The molecule has 0 saturated heterocycles. The van der Waals surface area contributed by atoms with E-state index in [2.05, 4.69) is 33.4 Å². The number of anilines is 1. The number of aryl methyl sites for hydroxylation is 2. The van der Waals surface area contributed by atoms with Crippen molar-refractivity contribution in [2.24, 2.45) is 0 Å². The predicted molar refractivity (Wildman–Crippen MR) is 114 cm³/mol. The van der Waals surface area contributed by atoms with Gasteiger partial charge in [-0.15, -0.1) is 0 Å². The van der Waals surface area contributed by atoms with Crippen molar-refractivity contribution in [3.05, 3.63) is 77.7 Å². The average Bonchev–Trinajstić information content (AvgIpc) is 3.19. The Morgan fingerprint density at radius 2 is 1.97 bits per heavy atom. The fourth-order valence-electron chi connectivity index (χ4n) is 3.01. The summed E-state index contributed by atoms with van der Waals surface area (Å²) in [6, 6.07) is 17.4. The van der Waals surface area contributed by atoms with Gasteiger partial charge >= 0.3 is 0 Å². The highest BCUT2D eigenvalue weighted by molar-refractivity contribution is 7.99. The van der Waals surface area contributed by atoms with E-state index >= 15 is 0 Å². The second-order valence-corrected chi connectivity index (χ2v) is 7.85. The van der Waals surface area contributed by atoms with Gasteiger partial charge < -0.3 is 5.32 Å². The summed E-state index contributed by atoms with van der Waals surface area (Å²) in [5, 5.41) is 8.19. The van der Waals surface area contributed by atoms with Crippen molar-refractivity contribution < 1.29 is 4.79 Å². The summed E-state index contributed by atoms with van der Waals surface area (Å²) in [7, 11) is 0. The molecule has 0 spiro atoms. The van der Waals surface area contributed by atoms with Crippen LogP contribution in [-0.4, -0.2) is 25.5 Å². The number of nitrogens with zero attached hydrogens (tertiary/aromatic N) is 4. The molecule has 2 heterocycles. The van der Waals surface area contributed by atoms with Gasteiger partial charge in [0.05, 0.1) is 0 Å². The number of nitrogens with one attached hydrogen (secondary N) is 1. The van der Waals surface area contributed by atoms with E-state index in [9.17, 15) is 4.79 Å². The van der Waals surface area contributed by atoms with Crippen LogP contribution in [0.1, 0.15) is 35.0 Å². The Bertz CT molecular complexity index is 1150. The van der Waals surface area contributed by atoms with Gasteiger partial charge in [0.2, 0.25) is 0 Å². The number of carbonyl (C=O) groups excluding carboxylic acids is 1. The lowest BCUT2D eigenvalue weighted by Gasteiger charge is -2.09. The monoisotopic (exact) mass is 403 g/mol. The third-order valence-corrected chi connectivity index (χ3v) is 5.40. The van der Waals surface area contributed by atoms with Crippen molar-refractivity contribution in [3.63, 3.8) is 0 Å². The smallest absolute Gasteiger partial charge is 0.255 e. The Morgan fingerprint density at radius 1 is 1.14 bits per heavy atom. The lowest BCUT2D eigenvalue weighted by Crippen LogP contribution is -2.11. The van der Waals surface area contributed by atoms with Crippen molar-refractivity contribution >= 4 is 29.1 Å². The van der Waals surface area contributed by atoms with Gasteiger partial charge in [-0.05, 0) is 55.8 Å². The van der Waals surface area contributed by atoms with Crippen LogP contribution in [0.15, 0.2) is 70.8 Å². The van der Waals surface area contributed by atoms with E-state index in [1.54, 1.807) is 16.3 Å². The molecule has 0 unspecified atom stereocenters. The predicted octanol–water partition coefficient (Wildman–Crippen LogP) is 4.79. The van der Waals surface area contributed by atoms with Crippen LogP contribution < -0.4 is 5.32 Å². The molecule has 0 saturated carbocycles. The summed E-state index contributed by atoms with van der Waals surface area (Å²) >= 11 is 1.60.